The molecule has 0 amide bonds. The van der Waals surface area contributed by atoms with Gasteiger partial charge in [0.2, 0.25) is 0 Å². The van der Waals surface area contributed by atoms with Crippen molar-refractivity contribution < 1.29 is 9.90 Å². The first kappa shape index (κ1) is 11.4. The molecule has 4 heteroatoms. The van der Waals surface area contributed by atoms with Crippen LogP contribution in [0.5, 0.6) is 0 Å². The van der Waals surface area contributed by atoms with Crippen molar-refractivity contribution in [1.29, 1.82) is 0 Å². The molecule has 2 N–H and O–H groups in total. The molecule has 0 radical (unpaired) electrons. The monoisotopic (exact) mass is 222 g/mol. The lowest BCUT2D eigenvalue weighted by molar-refractivity contribution is -0.130. The molecule has 0 aromatic carbocycles. The smallest absolute Gasteiger partial charge is 0.381 e. The van der Waals surface area contributed by atoms with Gasteiger partial charge in [0.25, 0.3) is 0 Å². The summed E-state index contributed by atoms with van der Waals surface area (Å²) in [7, 11) is 0. The fourth-order valence-electron chi connectivity index (χ4n) is 2.54. The number of nitrogens with one attached hydrogen (secondary N) is 1. The summed E-state index contributed by atoms with van der Waals surface area (Å²) in [5.41, 5.74) is 0. The van der Waals surface area contributed by atoms with Gasteiger partial charge in [0, 0.05) is 43.6 Å². The van der Waals surface area contributed by atoms with E-state index in [1.54, 1.807) is 0 Å². The number of hydrogen-bond acceptors (Lipinski definition) is 3. The maximum atomic E-state index is 10.3. The van der Waals surface area contributed by atoms with Crippen LogP contribution in [0.1, 0.15) is 19.8 Å². The lowest BCUT2D eigenvalue weighted by Gasteiger charge is -2.46. The third kappa shape index (κ3) is 2.55. The summed E-state index contributed by atoms with van der Waals surface area (Å²) >= 11 is 0. The van der Waals surface area contributed by atoms with E-state index in [-0.39, 0.29) is 0 Å². The van der Waals surface area contributed by atoms with E-state index in [9.17, 15) is 4.79 Å². The molecule has 1 aliphatic heterocycles. The van der Waals surface area contributed by atoms with Gasteiger partial charge in [-0.1, -0.05) is 5.92 Å². The highest BCUT2D eigenvalue weighted by Crippen LogP contribution is 2.32. The molecule has 2 rings (SSSR count). The zero-order chi connectivity index (χ0) is 11.5. The van der Waals surface area contributed by atoms with E-state index >= 15 is 0 Å². The second-order valence-corrected chi connectivity index (χ2v) is 4.69. The highest BCUT2D eigenvalue weighted by atomic mass is 16.4. The third-order valence-electron chi connectivity index (χ3n) is 3.52. The van der Waals surface area contributed by atoms with E-state index in [4.69, 9.17) is 5.11 Å². The van der Waals surface area contributed by atoms with Gasteiger partial charge >= 0.3 is 5.97 Å². The summed E-state index contributed by atoms with van der Waals surface area (Å²) in [6.45, 7) is 5.46. The standard InChI is InChI=1S/C12H18N2O2/c1-9-8-13-4-5-14(9)11-6-10(7-11)2-3-12(15)16/h9-11,13H,4-8H2,1H3,(H,15,16). The van der Waals surface area contributed by atoms with Crippen LogP contribution in [-0.2, 0) is 4.79 Å². The van der Waals surface area contributed by atoms with Gasteiger partial charge < -0.3 is 10.4 Å². The number of hydrogen-bond donors (Lipinski definition) is 2. The Kier molecular flexibility index (Phi) is 3.47. The molecule has 0 aromatic rings. The van der Waals surface area contributed by atoms with Crippen LogP contribution in [0.25, 0.3) is 0 Å². The van der Waals surface area contributed by atoms with E-state index in [0.29, 0.717) is 18.0 Å². The van der Waals surface area contributed by atoms with Gasteiger partial charge in [-0.25, -0.2) is 4.79 Å². The summed E-state index contributed by atoms with van der Waals surface area (Å²) in [6, 6.07) is 1.21. The van der Waals surface area contributed by atoms with Gasteiger partial charge in [-0.2, -0.15) is 0 Å². The van der Waals surface area contributed by atoms with Crippen LogP contribution in [0.2, 0.25) is 0 Å². The van der Waals surface area contributed by atoms with Crippen molar-refractivity contribution in [2.75, 3.05) is 19.6 Å². The van der Waals surface area contributed by atoms with Crippen molar-refractivity contribution >= 4 is 5.97 Å². The zero-order valence-electron chi connectivity index (χ0n) is 9.57. The molecule has 2 fully saturated rings. The summed E-state index contributed by atoms with van der Waals surface area (Å²) in [5, 5.41) is 11.8. The molecule has 2 aliphatic rings. The van der Waals surface area contributed by atoms with Gasteiger partial charge in [0.15, 0.2) is 0 Å². The van der Waals surface area contributed by atoms with Gasteiger partial charge in [-0.3, -0.25) is 4.90 Å². The van der Waals surface area contributed by atoms with Gasteiger partial charge in [0.05, 0.1) is 0 Å². The fourth-order valence-corrected chi connectivity index (χ4v) is 2.54. The summed E-state index contributed by atoms with van der Waals surface area (Å²) in [5.74, 6) is 4.31. The predicted molar refractivity (Wildman–Crippen MR) is 61.0 cm³/mol. The molecule has 1 aliphatic carbocycles. The number of carboxylic acids is 1. The Morgan fingerprint density at radius 2 is 2.25 bits per heavy atom. The Labute approximate surface area is 96.0 Å². The largest absolute Gasteiger partial charge is 0.472 e. The average molecular weight is 222 g/mol. The topological polar surface area (TPSA) is 52.6 Å². The Morgan fingerprint density at radius 1 is 1.50 bits per heavy atom. The van der Waals surface area contributed by atoms with Crippen LogP contribution in [0.15, 0.2) is 0 Å². The van der Waals surface area contributed by atoms with E-state index in [1.807, 2.05) is 0 Å². The molecule has 0 bridgehead atoms. The van der Waals surface area contributed by atoms with Crippen molar-refractivity contribution in [3.05, 3.63) is 0 Å². The minimum atomic E-state index is -1.01. The second-order valence-electron chi connectivity index (χ2n) is 4.69. The van der Waals surface area contributed by atoms with Gasteiger partial charge in [-0.05, 0) is 19.8 Å². The van der Waals surface area contributed by atoms with E-state index < -0.39 is 5.97 Å². The molecule has 88 valence electrons. The molecule has 0 aromatic heterocycles. The lowest BCUT2D eigenvalue weighted by Crippen LogP contribution is -2.57. The molecule has 1 unspecified atom stereocenters. The molecule has 1 saturated carbocycles. The summed E-state index contributed by atoms with van der Waals surface area (Å²) < 4.78 is 0. The number of carboxylic acid groups (broad SMARTS) is 1. The van der Waals surface area contributed by atoms with Gasteiger partial charge in [0.1, 0.15) is 0 Å². The molecular weight excluding hydrogens is 204 g/mol. The Bertz CT molecular complexity index is 326. The van der Waals surface area contributed by atoms with Crippen molar-refractivity contribution in [1.82, 2.24) is 10.2 Å². The predicted octanol–water partition coefficient (Wildman–Crippen LogP) is 0.147. The van der Waals surface area contributed by atoms with Crippen LogP contribution in [-0.4, -0.2) is 47.7 Å². The first-order valence-corrected chi connectivity index (χ1v) is 5.87. The van der Waals surface area contributed by atoms with Crippen molar-refractivity contribution in [2.24, 2.45) is 5.92 Å². The highest BCUT2D eigenvalue weighted by molar-refractivity contribution is 5.86. The third-order valence-corrected chi connectivity index (χ3v) is 3.52. The molecule has 1 atom stereocenters. The summed E-state index contributed by atoms with van der Waals surface area (Å²) in [4.78, 5) is 12.8. The van der Waals surface area contributed by atoms with E-state index in [2.05, 4.69) is 29.0 Å². The number of carbonyl (C=O) groups is 1. The molecular formula is C12H18N2O2. The quantitative estimate of drug-likeness (QED) is 0.620. The van der Waals surface area contributed by atoms with Gasteiger partial charge in [-0.15, -0.1) is 0 Å². The summed E-state index contributed by atoms with van der Waals surface area (Å²) in [6.07, 6.45) is 2.06. The number of nitrogens with zero attached hydrogens (tertiary/aromatic N) is 1. The fraction of sp³-hybridized carbons (Fsp3) is 0.750. The minimum Gasteiger partial charge on any atom is -0.472 e. The molecule has 1 saturated heterocycles. The van der Waals surface area contributed by atoms with Crippen molar-refractivity contribution in [3.8, 4) is 11.8 Å². The molecule has 0 spiro atoms. The molecule has 1 heterocycles. The number of rotatable bonds is 1. The lowest BCUT2D eigenvalue weighted by atomic mass is 9.79. The minimum absolute atomic E-state index is 0.295. The van der Waals surface area contributed by atoms with Crippen molar-refractivity contribution in [3.63, 3.8) is 0 Å². The Hall–Kier alpha value is -1.05. The first-order chi connectivity index (χ1) is 7.66. The van der Waals surface area contributed by atoms with E-state index in [1.165, 1.54) is 0 Å². The maximum absolute atomic E-state index is 10.3. The van der Waals surface area contributed by atoms with Crippen LogP contribution in [0.4, 0.5) is 0 Å². The van der Waals surface area contributed by atoms with E-state index in [0.717, 1.165) is 32.5 Å². The zero-order valence-corrected chi connectivity index (χ0v) is 9.57. The molecule has 16 heavy (non-hydrogen) atoms. The Morgan fingerprint density at radius 3 is 2.88 bits per heavy atom. The first-order valence-electron chi connectivity index (χ1n) is 5.87. The van der Waals surface area contributed by atoms with Crippen LogP contribution in [0.3, 0.4) is 0 Å². The van der Waals surface area contributed by atoms with Crippen LogP contribution >= 0.6 is 0 Å². The SMILES string of the molecule is CC1CNCCN1C1CC(C#CC(=O)O)C1. The molecule has 4 nitrogen and oxygen atoms in total. The number of piperazine rings is 1. The van der Waals surface area contributed by atoms with Crippen LogP contribution < -0.4 is 5.32 Å². The van der Waals surface area contributed by atoms with Crippen molar-refractivity contribution in [2.45, 2.75) is 31.8 Å². The Balaban J connectivity index is 1.79. The maximum Gasteiger partial charge on any atom is 0.381 e. The van der Waals surface area contributed by atoms with Crippen LogP contribution in [0, 0.1) is 17.8 Å². The number of aliphatic carboxylic acids is 1. The highest BCUT2D eigenvalue weighted by Gasteiger charge is 2.35. The average Bonchev–Trinajstić information content (AvgIpc) is 2.17. The second kappa shape index (κ2) is 4.86. The normalized spacial score (nSPS) is 34.7.